The Bertz CT molecular complexity index is 285. The molecule has 104 valence electrons. The molecule has 2 N–H and O–H groups in total. The molecule has 1 fully saturated rings. The maximum absolute atomic E-state index is 6.60. The first-order valence-corrected chi connectivity index (χ1v) is 7.82. The number of rotatable bonds is 3. The minimum Gasteiger partial charge on any atom is -0.323 e. The second-order valence-corrected chi connectivity index (χ2v) is 6.56. The van der Waals surface area contributed by atoms with Crippen LogP contribution in [0, 0.1) is 0 Å². The van der Waals surface area contributed by atoms with Crippen LogP contribution in [0.1, 0.15) is 65.2 Å². The van der Waals surface area contributed by atoms with Gasteiger partial charge in [-0.3, -0.25) is 4.90 Å². The molecule has 1 atom stereocenters. The van der Waals surface area contributed by atoms with Gasteiger partial charge in [0.2, 0.25) is 0 Å². The van der Waals surface area contributed by atoms with Crippen molar-refractivity contribution in [3.63, 3.8) is 0 Å². The third kappa shape index (κ3) is 3.16. The lowest BCUT2D eigenvalue weighted by Gasteiger charge is -2.43. The fourth-order valence-corrected chi connectivity index (χ4v) is 3.44. The van der Waals surface area contributed by atoms with Crippen LogP contribution in [0.25, 0.3) is 0 Å². The van der Waals surface area contributed by atoms with Gasteiger partial charge in [0, 0.05) is 11.6 Å². The Labute approximate surface area is 113 Å². The van der Waals surface area contributed by atoms with Gasteiger partial charge in [-0.2, -0.15) is 0 Å². The van der Waals surface area contributed by atoms with Gasteiger partial charge in [0.15, 0.2) is 0 Å². The molecule has 1 heterocycles. The molecule has 2 aliphatic rings. The molecule has 1 saturated heterocycles. The molecule has 1 aliphatic heterocycles. The quantitative estimate of drug-likeness (QED) is 0.777. The SMILES string of the molecule is CC(C)(C(N)C1=CCCCC1)N1CCCCCC1. The lowest BCUT2D eigenvalue weighted by Crippen LogP contribution is -2.57. The molecule has 1 aliphatic carbocycles. The van der Waals surface area contributed by atoms with Crippen molar-refractivity contribution < 1.29 is 0 Å². The fraction of sp³-hybridized carbons (Fsp3) is 0.875. The standard InChI is InChI=1S/C16H30N2/c1-16(2,18-12-8-3-4-9-13-18)15(17)14-10-6-5-7-11-14/h10,15H,3-9,11-13,17H2,1-2H3. The Hall–Kier alpha value is -0.340. The first-order valence-electron chi connectivity index (χ1n) is 7.82. The molecule has 1 unspecified atom stereocenters. The van der Waals surface area contributed by atoms with Crippen molar-refractivity contribution in [3.05, 3.63) is 11.6 Å². The molecular formula is C16H30N2. The van der Waals surface area contributed by atoms with Crippen LogP contribution >= 0.6 is 0 Å². The number of nitrogens with zero attached hydrogens (tertiary/aromatic N) is 1. The first-order chi connectivity index (χ1) is 8.62. The van der Waals surface area contributed by atoms with E-state index in [-0.39, 0.29) is 11.6 Å². The van der Waals surface area contributed by atoms with Crippen molar-refractivity contribution in [2.45, 2.75) is 76.8 Å². The summed E-state index contributed by atoms with van der Waals surface area (Å²) in [5.74, 6) is 0. The van der Waals surface area contributed by atoms with E-state index in [9.17, 15) is 0 Å². The average molecular weight is 250 g/mol. The highest BCUT2D eigenvalue weighted by Crippen LogP contribution is 2.30. The molecule has 18 heavy (non-hydrogen) atoms. The zero-order chi connectivity index (χ0) is 13.0. The van der Waals surface area contributed by atoms with E-state index < -0.39 is 0 Å². The summed E-state index contributed by atoms with van der Waals surface area (Å²) < 4.78 is 0. The number of likely N-dealkylation sites (tertiary alicyclic amines) is 1. The van der Waals surface area contributed by atoms with E-state index >= 15 is 0 Å². The first kappa shape index (κ1) is 14.1. The van der Waals surface area contributed by atoms with Gasteiger partial charge >= 0.3 is 0 Å². The summed E-state index contributed by atoms with van der Waals surface area (Å²) >= 11 is 0. The zero-order valence-corrected chi connectivity index (χ0v) is 12.3. The predicted octanol–water partition coefficient (Wildman–Crippen LogP) is 3.47. The summed E-state index contributed by atoms with van der Waals surface area (Å²) in [4.78, 5) is 2.64. The van der Waals surface area contributed by atoms with Crippen LogP contribution in [0.3, 0.4) is 0 Å². The molecule has 0 aromatic heterocycles. The predicted molar refractivity (Wildman–Crippen MR) is 78.6 cm³/mol. The van der Waals surface area contributed by atoms with Crippen LogP contribution in [0.4, 0.5) is 0 Å². The summed E-state index contributed by atoms with van der Waals surface area (Å²) in [6, 6.07) is 0.218. The second-order valence-electron chi connectivity index (χ2n) is 6.56. The van der Waals surface area contributed by atoms with E-state index in [2.05, 4.69) is 24.8 Å². The summed E-state index contributed by atoms with van der Waals surface area (Å²) in [6.07, 6.45) is 13.0. The minimum absolute atomic E-state index is 0.119. The van der Waals surface area contributed by atoms with E-state index in [0.717, 1.165) is 0 Å². The van der Waals surface area contributed by atoms with Crippen LogP contribution in [0.2, 0.25) is 0 Å². The Morgan fingerprint density at radius 2 is 1.72 bits per heavy atom. The highest BCUT2D eigenvalue weighted by Gasteiger charge is 2.35. The molecule has 0 aromatic carbocycles. The number of hydrogen-bond acceptors (Lipinski definition) is 2. The Balaban J connectivity index is 2.05. The van der Waals surface area contributed by atoms with Gasteiger partial charge in [0.05, 0.1) is 0 Å². The molecule has 2 heteroatoms. The van der Waals surface area contributed by atoms with Crippen molar-refractivity contribution in [1.82, 2.24) is 4.90 Å². The molecule has 0 saturated carbocycles. The summed E-state index contributed by atoms with van der Waals surface area (Å²) in [5, 5.41) is 0. The maximum atomic E-state index is 6.60. The normalized spacial score (nSPS) is 25.4. The van der Waals surface area contributed by atoms with Gasteiger partial charge in [-0.15, -0.1) is 0 Å². The molecule has 0 amide bonds. The Morgan fingerprint density at radius 3 is 2.28 bits per heavy atom. The third-order valence-corrected chi connectivity index (χ3v) is 4.91. The van der Waals surface area contributed by atoms with E-state index in [1.807, 2.05) is 0 Å². The molecule has 0 aromatic rings. The Kier molecular flexibility index (Phi) is 4.85. The molecule has 0 spiro atoms. The third-order valence-electron chi connectivity index (χ3n) is 4.91. The van der Waals surface area contributed by atoms with Gasteiger partial charge < -0.3 is 5.73 Å². The van der Waals surface area contributed by atoms with Crippen molar-refractivity contribution in [2.24, 2.45) is 5.73 Å². The number of hydrogen-bond donors (Lipinski definition) is 1. The lowest BCUT2D eigenvalue weighted by molar-refractivity contribution is 0.107. The lowest BCUT2D eigenvalue weighted by atomic mass is 9.82. The van der Waals surface area contributed by atoms with Crippen molar-refractivity contribution in [1.29, 1.82) is 0 Å². The zero-order valence-electron chi connectivity index (χ0n) is 12.3. The molecular weight excluding hydrogens is 220 g/mol. The second kappa shape index (κ2) is 6.21. The van der Waals surface area contributed by atoms with Crippen LogP contribution in [0.15, 0.2) is 11.6 Å². The van der Waals surface area contributed by atoms with Crippen LogP contribution in [0.5, 0.6) is 0 Å². The van der Waals surface area contributed by atoms with Crippen LogP contribution in [-0.4, -0.2) is 29.6 Å². The minimum atomic E-state index is 0.119. The number of allylic oxidation sites excluding steroid dienone is 1. The highest BCUT2D eigenvalue weighted by atomic mass is 15.2. The smallest absolute Gasteiger partial charge is 0.0435 e. The Morgan fingerprint density at radius 1 is 1.06 bits per heavy atom. The number of nitrogens with two attached hydrogens (primary N) is 1. The highest BCUT2D eigenvalue weighted by molar-refractivity contribution is 5.18. The topological polar surface area (TPSA) is 29.3 Å². The van der Waals surface area contributed by atoms with E-state index in [4.69, 9.17) is 5.73 Å². The largest absolute Gasteiger partial charge is 0.323 e. The summed E-state index contributed by atoms with van der Waals surface area (Å²) in [6.45, 7) is 7.15. The molecule has 2 nitrogen and oxygen atoms in total. The van der Waals surface area contributed by atoms with Crippen molar-refractivity contribution in [3.8, 4) is 0 Å². The monoisotopic (exact) mass is 250 g/mol. The molecule has 0 radical (unpaired) electrons. The van der Waals surface area contributed by atoms with Gasteiger partial charge in [0.25, 0.3) is 0 Å². The van der Waals surface area contributed by atoms with Crippen LogP contribution in [-0.2, 0) is 0 Å². The van der Waals surface area contributed by atoms with Crippen molar-refractivity contribution in [2.75, 3.05) is 13.1 Å². The van der Waals surface area contributed by atoms with Gasteiger partial charge in [-0.05, 0) is 65.5 Å². The van der Waals surface area contributed by atoms with Gasteiger partial charge in [0.1, 0.15) is 0 Å². The van der Waals surface area contributed by atoms with E-state index in [1.165, 1.54) is 70.0 Å². The van der Waals surface area contributed by atoms with Crippen molar-refractivity contribution >= 4 is 0 Å². The van der Waals surface area contributed by atoms with Gasteiger partial charge in [-0.25, -0.2) is 0 Å². The van der Waals surface area contributed by atoms with E-state index in [0.29, 0.717) is 0 Å². The molecule has 0 bridgehead atoms. The summed E-state index contributed by atoms with van der Waals surface area (Å²) in [5.41, 5.74) is 8.23. The fourth-order valence-electron chi connectivity index (χ4n) is 3.44. The average Bonchev–Trinajstić information content (AvgIpc) is 2.68. The maximum Gasteiger partial charge on any atom is 0.0435 e. The van der Waals surface area contributed by atoms with E-state index in [1.54, 1.807) is 0 Å². The van der Waals surface area contributed by atoms with Gasteiger partial charge in [-0.1, -0.05) is 24.5 Å². The summed E-state index contributed by atoms with van der Waals surface area (Å²) in [7, 11) is 0. The molecule has 2 rings (SSSR count). The van der Waals surface area contributed by atoms with Crippen LogP contribution < -0.4 is 5.73 Å².